The molecule has 21 heavy (non-hydrogen) atoms. The fourth-order valence-electron chi connectivity index (χ4n) is 2.20. The minimum Gasteiger partial charge on any atom is -0.423 e. The molecule has 1 saturated heterocycles. The molecule has 0 aliphatic carbocycles. The van der Waals surface area contributed by atoms with E-state index < -0.39 is 18.3 Å². The van der Waals surface area contributed by atoms with Gasteiger partial charge in [0.1, 0.15) is 5.76 Å². The Balaban J connectivity index is 2.07. The third-order valence-corrected chi connectivity index (χ3v) is 4.84. The first kappa shape index (κ1) is 14.6. The summed E-state index contributed by atoms with van der Waals surface area (Å²) in [5.41, 5.74) is 0.366. The van der Waals surface area contributed by atoms with Gasteiger partial charge in [0.2, 0.25) is 0 Å². The maximum Gasteiger partial charge on any atom is 0.498 e. The second-order valence-electron chi connectivity index (χ2n) is 6.14. The molecule has 0 N–H and O–H groups in total. The van der Waals surface area contributed by atoms with E-state index in [9.17, 15) is 4.79 Å². The zero-order chi connectivity index (χ0) is 15.3. The van der Waals surface area contributed by atoms with Gasteiger partial charge in [0.05, 0.1) is 11.2 Å². The Morgan fingerprint density at radius 1 is 1.05 bits per heavy atom. The highest BCUT2D eigenvalue weighted by atomic mass is 32.1. The molecule has 1 aliphatic heterocycles. The second-order valence-corrected chi connectivity index (χ2v) is 6.92. The summed E-state index contributed by atoms with van der Waals surface area (Å²) in [6.45, 7) is 7.99. The fraction of sp³-hybridized carbons (Fsp3) is 0.400. The van der Waals surface area contributed by atoms with Crippen molar-refractivity contribution < 1.29 is 13.7 Å². The summed E-state index contributed by atoms with van der Waals surface area (Å²) in [7, 11) is -0.547. The molecule has 3 heterocycles. The zero-order valence-electron chi connectivity index (χ0n) is 12.5. The third kappa shape index (κ3) is 2.48. The fourth-order valence-corrected chi connectivity index (χ4v) is 2.84. The Labute approximate surface area is 127 Å². The molecular formula is C15H17BO4S. The van der Waals surface area contributed by atoms with Crippen molar-refractivity contribution in [1.82, 2.24) is 0 Å². The third-order valence-electron chi connectivity index (χ3n) is 4.15. The first-order valence-corrected chi connectivity index (χ1v) is 7.77. The molecule has 0 spiro atoms. The van der Waals surface area contributed by atoms with E-state index in [1.807, 2.05) is 44.5 Å². The van der Waals surface area contributed by atoms with Gasteiger partial charge in [-0.15, -0.1) is 0 Å². The van der Waals surface area contributed by atoms with Crippen molar-refractivity contribution in [2.24, 2.45) is 0 Å². The summed E-state index contributed by atoms with van der Waals surface area (Å²) < 4.78 is 17.5. The molecule has 2 aromatic rings. The Hall–Kier alpha value is -1.37. The lowest BCUT2D eigenvalue weighted by molar-refractivity contribution is 0.00578. The van der Waals surface area contributed by atoms with Crippen molar-refractivity contribution in [3.63, 3.8) is 0 Å². The molecule has 1 fully saturated rings. The number of rotatable bonds is 2. The highest BCUT2D eigenvalue weighted by Gasteiger charge is 2.52. The smallest absolute Gasteiger partial charge is 0.423 e. The van der Waals surface area contributed by atoms with Crippen molar-refractivity contribution in [2.75, 3.05) is 0 Å². The molecular weight excluding hydrogens is 287 g/mol. The van der Waals surface area contributed by atoms with Crippen LogP contribution in [0.3, 0.4) is 0 Å². The van der Waals surface area contributed by atoms with Crippen LogP contribution in [-0.2, 0) is 9.31 Å². The van der Waals surface area contributed by atoms with Crippen molar-refractivity contribution >= 4 is 23.9 Å². The zero-order valence-corrected chi connectivity index (χ0v) is 13.3. The van der Waals surface area contributed by atoms with E-state index in [4.69, 9.17) is 13.7 Å². The molecule has 6 heteroatoms. The van der Waals surface area contributed by atoms with Gasteiger partial charge in [-0.05, 0) is 39.1 Å². The van der Waals surface area contributed by atoms with Crippen LogP contribution in [0.15, 0.2) is 38.2 Å². The SMILES string of the molecule is CC1(C)OB(c2ccc(=O)oc2-c2ccsc2)OC1(C)C. The largest absolute Gasteiger partial charge is 0.498 e. The lowest BCUT2D eigenvalue weighted by Crippen LogP contribution is -2.41. The van der Waals surface area contributed by atoms with Crippen LogP contribution in [0.4, 0.5) is 0 Å². The molecule has 0 atom stereocenters. The summed E-state index contributed by atoms with van der Waals surface area (Å²) in [6, 6.07) is 5.04. The quantitative estimate of drug-likeness (QED) is 0.800. The standard InChI is InChI=1S/C15H17BO4S/c1-14(2)15(3,4)20-16(19-14)11-5-6-12(17)18-13(11)10-7-8-21-9-10/h5-9H,1-4H3. The molecule has 3 rings (SSSR count). The molecule has 4 nitrogen and oxygen atoms in total. The van der Waals surface area contributed by atoms with Crippen molar-refractivity contribution in [3.8, 4) is 11.3 Å². The van der Waals surface area contributed by atoms with Crippen LogP contribution in [0.25, 0.3) is 11.3 Å². The van der Waals surface area contributed by atoms with Gasteiger partial charge in [0, 0.05) is 22.5 Å². The molecule has 110 valence electrons. The van der Waals surface area contributed by atoms with Gasteiger partial charge in [-0.2, -0.15) is 11.3 Å². The predicted octanol–water partition coefficient (Wildman–Crippen LogP) is 2.67. The average Bonchev–Trinajstić information content (AvgIpc) is 2.96. The first-order chi connectivity index (χ1) is 9.80. The second kappa shape index (κ2) is 4.83. The summed E-state index contributed by atoms with van der Waals surface area (Å²) in [6.07, 6.45) is 0. The van der Waals surface area contributed by atoms with Gasteiger partial charge < -0.3 is 13.7 Å². The monoisotopic (exact) mass is 304 g/mol. The summed E-state index contributed by atoms with van der Waals surface area (Å²) in [4.78, 5) is 11.6. The van der Waals surface area contributed by atoms with Gasteiger partial charge in [0.15, 0.2) is 0 Å². The van der Waals surface area contributed by atoms with Crippen LogP contribution >= 0.6 is 11.3 Å². The highest BCUT2D eigenvalue weighted by molar-refractivity contribution is 7.08. The lowest BCUT2D eigenvalue weighted by Gasteiger charge is -2.32. The molecule has 2 aromatic heterocycles. The van der Waals surface area contributed by atoms with Gasteiger partial charge in [0.25, 0.3) is 0 Å². The predicted molar refractivity (Wildman–Crippen MR) is 84.0 cm³/mol. The van der Waals surface area contributed by atoms with Crippen LogP contribution in [0.2, 0.25) is 0 Å². The minimum atomic E-state index is -0.547. The number of thiophene rings is 1. The van der Waals surface area contributed by atoms with Crippen LogP contribution in [0.5, 0.6) is 0 Å². The number of hydrogen-bond donors (Lipinski definition) is 0. The normalized spacial score (nSPS) is 19.9. The Bertz CT molecular complexity index is 687. The van der Waals surface area contributed by atoms with Gasteiger partial charge in [-0.1, -0.05) is 6.07 Å². The molecule has 0 radical (unpaired) electrons. The van der Waals surface area contributed by atoms with Crippen molar-refractivity contribution in [3.05, 3.63) is 39.4 Å². The van der Waals surface area contributed by atoms with Gasteiger partial charge >= 0.3 is 12.7 Å². The molecule has 1 aliphatic rings. The van der Waals surface area contributed by atoms with Crippen molar-refractivity contribution in [1.29, 1.82) is 0 Å². The lowest BCUT2D eigenvalue weighted by atomic mass is 9.77. The van der Waals surface area contributed by atoms with Gasteiger partial charge in [-0.25, -0.2) is 4.79 Å². The van der Waals surface area contributed by atoms with Crippen LogP contribution in [0.1, 0.15) is 27.7 Å². The summed E-state index contributed by atoms with van der Waals surface area (Å²) in [5, 5.41) is 3.88. The van der Waals surface area contributed by atoms with Crippen LogP contribution < -0.4 is 11.1 Å². The van der Waals surface area contributed by atoms with Crippen LogP contribution in [-0.4, -0.2) is 18.3 Å². The Kier molecular flexibility index (Phi) is 3.35. The van der Waals surface area contributed by atoms with E-state index in [0.717, 1.165) is 11.0 Å². The first-order valence-electron chi connectivity index (χ1n) is 6.82. The molecule has 0 amide bonds. The minimum absolute atomic E-state index is 0.378. The summed E-state index contributed by atoms with van der Waals surface area (Å²) >= 11 is 1.55. The average molecular weight is 304 g/mol. The molecule has 0 bridgehead atoms. The molecule has 0 unspecified atom stereocenters. The van der Waals surface area contributed by atoms with E-state index in [1.54, 1.807) is 17.4 Å². The highest BCUT2D eigenvalue weighted by Crippen LogP contribution is 2.37. The van der Waals surface area contributed by atoms with E-state index >= 15 is 0 Å². The van der Waals surface area contributed by atoms with E-state index in [0.29, 0.717) is 5.76 Å². The number of hydrogen-bond acceptors (Lipinski definition) is 5. The Morgan fingerprint density at radius 2 is 1.71 bits per heavy atom. The van der Waals surface area contributed by atoms with Gasteiger partial charge in [-0.3, -0.25) is 0 Å². The molecule has 0 aromatic carbocycles. The van der Waals surface area contributed by atoms with E-state index in [1.165, 1.54) is 6.07 Å². The summed E-state index contributed by atoms with van der Waals surface area (Å²) in [5.74, 6) is 0.516. The van der Waals surface area contributed by atoms with E-state index in [-0.39, 0.29) is 5.63 Å². The maximum absolute atomic E-state index is 11.6. The topological polar surface area (TPSA) is 48.7 Å². The van der Waals surface area contributed by atoms with E-state index in [2.05, 4.69) is 0 Å². The Morgan fingerprint density at radius 3 is 2.29 bits per heavy atom. The van der Waals surface area contributed by atoms with Crippen LogP contribution in [0, 0.1) is 0 Å². The van der Waals surface area contributed by atoms with Crippen molar-refractivity contribution in [2.45, 2.75) is 38.9 Å². The molecule has 0 saturated carbocycles. The maximum atomic E-state index is 11.6.